The summed E-state index contributed by atoms with van der Waals surface area (Å²) in [5, 5.41) is 5.74. The highest BCUT2D eigenvalue weighted by molar-refractivity contribution is 9.10. The summed E-state index contributed by atoms with van der Waals surface area (Å²) in [6.45, 7) is 2.29. The second-order valence-electron chi connectivity index (χ2n) is 5.90. The molecule has 0 bridgehead atoms. The molecule has 4 nitrogen and oxygen atoms in total. The first-order chi connectivity index (χ1) is 11.6. The molecule has 0 spiro atoms. The summed E-state index contributed by atoms with van der Waals surface area (Å²) in [7, 11) is 0. The standard InChI is InChI=1S/C18H19BrFN3O/c19-16-6-1-2-7-17(16)22-18(24)21-11-13-8-9-23(12-13)15-5-3-4-14(20)10-15/h1-7,10,13H,8-9,11-12H2,(H2,21,22,24). The van der Waals surface area contributed by atoms with Crippen LogP contribution < -0.4 is 15.5 Å². The number of nitrogens with zero attached hydrogens (tertiary/aromatic N) is 1. The molecule has 0 aliphatic carbocycles. The monoisotopic (exact) mass is 391 g/mol. The minimum atomic E-state index is -0.220. The van der Waals surface area contributed by atoms with Crippen LogP contribution in [-0.4, -0.2) is 25.7 Å². The van der Waals surface area contributed by atoms with E-state index in [4.69, 9.17) is 0 Å². The van der Waals surface area contributed by atoms with Crippen LogP contribution in [0, 0.1) is 11.7 Å². The van der Waals surface area contributed by atoms with Crippen LogP contribution in [0.4, 0.5) is 20.6 Å². The van der Waals surface area contributed by atoms with Crippen molar-refractivity contribution >= 4 is 33.3 Å². The Bertz CT molecular complexity index is 725. The number of anilines is 2. The molecule has 0 saturated carbocycles. The minimum absolute atomic E-state index is 0.217. The number of amides is 2. The van der Waals surface area contributed by atoms with Gasteiger partial charge in [-0.15, -0.1) is 0 Å². The van der Waals surface area contributed by atoms with Crippen LogP contribution >= 0.6 is 15.9 Å². The van der Waals surface area contributed by atoms with E-state index in [9.17, 15) is 9.18 Å². The summed E-state index contributed by atoms with van der Waals surface area (Å²) < 4.78 is 14.2. The molecule has 1 heterocycles. The third-order valence-electron chi connectivity index (χ3n) is 4.13. The van der Waals surface area contributed by atoms with Gasteiger partial charge in [0.05, 0.1) is 5.69 Å². The molecule has 1 saturated heterocycles. The quantitative estimate of drug-likeness (QED) is 0.818. The van der Waals surface area contributed by atoms with Crippen LogP contribution in [0.5, 0.6) is 0 Å². The lowest BCUT2D eigenvalue weighted by Crippen LogP contribution is -2.34. The number of para-hydroxylation sites is 1. The first kappa shape index (κ1) is 16.8. The van der Waals surface area contributed by atoms with Crippen molar-refractivity contribution in [1.82, 2.24) is 5.32 Å². The van der Waals surface area contributed by atoms with Crippen molar-refractivity contribution in [2.75, 3.05) is 29.9 Å². The molecule has 24 heavy (non-hydrogen) atoms. The Morgan fingerprint density at radius 1 is 1.25 bits per heavy atom. The van der Waals surface area contributed by atoms with Crippen LogP contribution in [-0.2, 0) is 0 Å². The third-order valence-corrected chi connectivity index (χ3v) is 4.82. The topological polar surface area (TPSA) is 44.4 Å². The van der Waals surface area contributed by atoms with Crippen molar-refractivity contribution in [1.29, 1.82) is 0 Å². The van der Waals surface area contributed by atoms with Gasteiger partial charge in [0.2, 0.25) is 0 Å². The second kappa shape index (κ2) is 7.66. The number of halogens is 2. The first-order valence-electron chi connectivity index (χ1n) is 7.92. The molecule has 1 aliphatic rings. The number of benzene rings is 2. The fraction of sp³-hybridized carbons (Fsp3) is 0.278. The Morgan fingerprint density at radius 2 is 2.08 bits per heavy atom. The Balaban J connectivity index is 1.48. The lowest BCUT2D eigenvalue weighted by Gasteiger charge is -2.19. The normalized spacial score (nSPS) is 16.9. The molecule has 2 N–H and O–H groups in total. The lowest BCUT2D eigenvalue weighted by atomic mass is 10.1. The smallest absolute Gasteiger partial charge is 0.319 e. The highest BCUT2D eigenvalue weighted by Crippen LogP contribution is 2.24. The Labute approximate surface area is 149 Å². The molecule has 2 amide bonds. The molecule has 1 aliphatic heterocycles. The maximum absolute atomic E-state index is 13.3. The molecular formula is C18H19BrFN3O. The fourth-order valence-electron chi connectivity index (χ4n) is 2.87. The Kier molecular flexibility index (Phi) is 5.35. The van der Waals surface area contributed by atoms with Gasteiger partial charge in [-0.3, -0.25) is 0 Å². The number of urea groups is 1. The zero-order chi connectivity index (χ0) is 16.9. The van der Waals surface area contributed by atoms with E-state index in [1.165, 1.54) is 6.07 Å². The Morgan fingerprint density at radius 3 is 2.88 bits per heavy atom. The van der Waals surface area contributed by atoms with Gasteiger partial charge in [-0.2, -0.15) is 0 Å². The molecule has 6 heteroatoms. The summed E-state index contributed by atoms with van der Waals surface area (Å²) in [6, 6.07) is 13.9. The number of rotatable bonds is 4. The van der Waals surface area contributed by atoms with Crippen LogP contribution in [0.2, 0.25) is 0 Å². The van der Waals surface area contributed by atoms with Crippen molar-refractivity contribution in [3.05, 3.63) is 58.8 Å². The number of hydrogen-bond acceptors (Lipinski definition) is 2. The van der Waals surface area contributed by atoms with Crippen molar-refractivity contribution in [2.24, 2.45) is 5.92 Å². The van der Waals surface area contributed by atoms with Gasteiger partial charge < -0.3 is 15.5 Å². The second-order valence-corrected chi connectivity index (χ2v) is 6.75. The van der Waals surface area contributed by atoms with Gasteiger partial charge in [0, 0.05) is 29.8 Å². The molecule has 2 aromatic carbocycles. The zero-order valence-electron chi connectivity index (χ0n) is 13.1. The summed E-state index contributed by atoms with van der Waals surface area (Å²) in [4.78, 5) is 14.2. The van der Waals surface area contributed by atoms with Crippen LogP contribution in [0.3, 0.4) is 0 Å². The van der Waals surface area contributed by atoms with E-state index < -0.39 is 0 Å². The van der Waals surface area contributed by atoms with E-state index in [0.29, 0.717) is 12.5 Å². The number of hydrogen-bond donors (Lipinski definition) is 2. The predicted molar refractivity (Wildman–Crippen MR) is 97.9 cm³/mol. The Hall–Kier alpha value is -2.08. The van der Waals surface area contributed by atoms with Gasteiger partial charge in [0.1, 0.15) is 5.82 Å². The average molecular weight is 392 g/mol. The van der Waals surface area contributed by atoms with Crippen LogP contribution in [0.25, 0.3) is 0 Å². The fourth-order valence-corrected chi connectivity index (χ4v) is 3.26. The zero-order valence-corrected chi connectivity index (χ0v) is 14.7. The average Bonchev–Trinajstić information content (AvgIpc) is 3.04. The molecule has 0 radical (unpaired) electrons. The molecule has 1 fully saturated rings. The molecule has 2 aromatic rings. The van der Waals surface area contributed by atoms with Gasteiger partial charge in [-0.05, 0) is 58.6 Å². The highest BCUT2D eigenvalue weighted by atomic mass is 79.9. The van der Waals surface area contributed by atoms with Gasteiger partial charge in [0.25, 0.3) is 0 Å². The summed E-state index contributed by atoms with van der Waals surface area (Å²) in [6.07, 6.45) is 0.978. The molecular weight excluding hydrogens is 373 g/mol. The van der Waals surface area contributed by atoms with Gasteiger partial charge in [-0.25, -0.2) is 9.18 Å². The third kappa shape index (κ3) is 4.26. The number of carbonyl (C=O) groups excluding carboxylic acids is 1. The van der Waals surface area contributed by atoms with E-state index in [1.54, 1.807) is 12.1 Å². The number of nitrogens with one attached hydrogen (secondary N) is 2. The largest absolute Gasteiger partial charge is 0.371 e. The maximum Gasteiger partial charge on any atom is 0.319 e. The molecule has 126 valence electrons. The van der Waals surface area contributed by atoms with Crippen molar-refractivity contribution in [2.45, 2.75) is 6.42 Å². The van der Waals surface area contributed by atoms with Crippen LogP contribution in [0.1, 0.15) is 6.42 Å². The van der Waals surface area contributed by atoms with E-state index in [0.717, 1.165) is 35.4 Å². The van der Waals surface area contributed by atoms with Gasteiger partial charge >= 0.3 is 6.03 Å². The molecule has 1 unspecified atom stereocenters. The lowest BCUT2D eigenvalue weighted by molar-refractivity contribution is 0.250. The van der Waals surface area contributed by atoms with E-state index in [-0.39, 0.29) is 11.8 Å². The van der Waals surface area contributed by atoms with Crippen LogP contribution in [0.15, 0.2) is 53.0 Å². The van der Waals surface area contributed by atoms with Gasteiger partial charge in [-0.1, -0.05) is 18.2 Å². The highest BCUT2D eigenvalue weighted by Gasteiger charge is 2.23. The van der Waals surface area contributed by atoms with E-state index >= 15 is 0 Å². The predicted octanol–water partition coefficient (Wildman–Crippen LogP) is 4.24. The SMILES string of the molecule is O=C(NCC1CCN(c2cccc(F)c2)C1)Nc1ccccc1Br. The first-order valence-corrected chi connectivity index (χ1v) is 8.71. The summed E-state index contributed by atoms with van der Waals surface area (Å²) in [5.41, 5.74) is 1.64. The summed E-state index contributed by atoms with van der Waals surface area (Å²) in [5.74, 6) is 0.139. The molecule has 0 aromatic heterocycles. The minimum Gasteiger partial charge on any atom is -0.371 e. The van der Waals surface area contributed by atoms with Gasteiger partial charge in [0.15, 0.2) is 0 Å². The summed E-state index contributed by atoms with van der Waals surface area (Å²) >= 11 is 3.40. The van der Waals surface area contributed by atoms with Crippen molar-refractivity contribution < 1.29 is 9.18 Å². The van der Waals surface area contributed by atoms with Crippen molar-refractivity contribution in [3.8, 4) is 0 Å². The maximum atomic E-state index is 13.3. The van der Waals surface area contributed by atoms with E-state index in [2.05, 4.69) is 31.5 Å². The van der Waals surface area contributed by atoms with Crippen molar-refractivity contribution in [3.63, 3.8) is 0 Å². The number of carbonyl (C=O) groups is 1. The van der Waals surface area contributed by atoms with E-state index in [1.807, 2.05) is 30.3 Å². The molecule has 1 atom stereocenters. The molecule has 3 rings (SSSR count).